The molecule has 0 saturated carbocycles. The van der Waals surface area contributed by atoms with Gasteiger partial charge in [-0.05, 0) is 44.4 Å². The molecule has 0 spiro atoms. The van der Waals surface area contributed by atoms with Crippen molar-refractivity contribution in [2.24, 2.45) is 0 Å². The van der Waals surface area contributed by atoms with E-state index in [1.54, 1.807) is 23.2 Å². The number of pyridine rings is 1. The Morgan fingerprint density at radius 1 is 1.32 bits per heavy atom. The Balaban J connectivity index is 1.96. The minimum Gasteiger partial charge on any atom is -0.396 e. The van der Waals surface area contributed by atoms with Crippen LogP contribution in [-0.4, -0.2) is 62.5 Å². The number of aliphatic hydroxyl groups is 1. The van der Waals surface area contributed by atoms with Crippen molar-refractivity contribution in [1.29, 1.82) is 0 Å². The van der Waals surface area contributed by atoms with Crippen molar-refractivity contribution in [3.05, 3.63) is 44.7 Å². The fraction of sp³-hybridized carbons (Fsp3) is 0.429. The van der Waals surface area contributed by atoms with E-state index in [0.717, 1.165) is 5.56 Å². The van der Waals surface area contributed by atoms with Gasteiger partial charge in [-0.3, -0.25) is 18.9 Å². The van der Waals surface area contributed by atoms with Gasteiger partial charge >= 0.3 is 0 Å². The summed E-state index contributed by atoms with van der Waals surface area (Å²) in [5.74, 6) is 0.158. The predicted molar refractivity (Wildman–Crippen MR) is 127 cm³/mol. The van der Waals surface area contributed by atoms with E-state index in [4.69, 9.17) is 22.1 Å². The molecule has 166 valence electrons. The predicted octanol–water partition coefficient (Wildman–Crippen LogP) is 2.43. The van der Waals surface area contributed by atoms with Crippen LogP contribution in [0, 0.1) is 6.92 Å². The van der Waals surface area contributed by atoms with Crippen LogP contribution in [0.3, 0.4) is 0 Å². The van der Waals surface area contributed by atoms with Gasteiger partial charge in [-0.1, -0.05) is 30.0 Å². The maximum Gasteiger partial charge on any atom is 0.267 e. The molecule has 0 unspecified atom stereocenters. The second-order valence-corrected chi connectivity index (χ2v) is 8.68. The van der Waals surface area contributed by atoms with Gasteiger partial charge in [0, 0.05) is 39.1 Å². The highest BCUT2D eigenvalue weighted by atomic mass is 32.2. The van der Waals surface area contributed by atoms with Crippen molar-refractivity contribution in [2.75, 3.05) is 38.2 Å². The second-order valence-electron chi connectivity index (χ2n) is 7.00. The fourth-order valence-electron chi connectivity index (χ4n) is 3.10. The van der Waals surface area contributed by atoms with Gasteiger partial charge in [-0.2, -0.15) is 0 Å². The molecule has 1 saturated heterocycles. The van der Waals surface area contributed by atoms with Gasteiger partial charge in [-0.25, -0.2) is 4.98 Å². The van der Waals surface area contributed by atoms with Gasteiger partial charge < -0.3 is 15.2 Å². The van der Waals surface area contributed by atoms with E-state index in [1.165, 1.54) is 16.2 Å². The number of thioether (sulfide) groups is 1. The van der Waals surface area contributed by atoms with E-state index >= 15 is 0 Å². The molecule has 0 atom stereocenters. The summed E-state index contributed by atoms with van der Waals surface area (Å²) in [5, 5.41) is 12.2. The first kappa shape index (κ1) is 23.4. The van der Waals surface area contributed by atoms with Crippen molar-refractivity contribution in [3.63, 3.8) is 0 Å². The zero-order chi connectivity index (χ0) is 22.4. The Bertz CT molecular complexity index is 1070. The topological polar surface area (TPSA) is 96.2 Å². The smallest absolute Gasteiger partial charge is 0.267 e. The molecule has 2 aromatic heterocycles. The molecule has 1 amide bonds. The SMILES string of the molecule is CCOCCCN1C(=O)/C(=C\c2c(NCCCO)nc3ccc(C)cn3c2=O)SC1=S. The molecule has 3 rings (SSSR count). The van der Waals surface area contributed by atoms with Crippen LogP contribution in [0.15, 0.2) is 28.0 Å². The third kappa shape index (κ3) is 5.51. The number of aromatic nitrogens is 2. The molecule has 10 heteroatoms. The Morgan fingerprint density at radius 3 is 2.87 bits per heavy atom. The number of anilines is 1. The Morgan fingerprint density at radius 2 is 2.13 bits per heavy atom. The summed E-state index contributed by atoms with van der Waals surface area (Å²) in [6.07, 6.45) is 4.48. The Kier molecular flexibility index (Phi) is 8.19. The number of amides is 1. The van der Waals surface area contributed by atoms with Gasteiger partial charge in [0.05, 0.1) is 10.5 Å². The standard InChI is InChI=1S/C21H26N4O4S2/c1-3-29-11-5-9-24-20(28)16(31-21(24)30)12-15-18(22-8-4-10-26)23-17-7-6-14(2)13-25(17)19(15)27/h6-7,12-13,22,26H,3-5,8-11H2,1-2H3/b16-12+. The molecule has 1 aliphatic heterocycles. The van der Waals surface area contributed by atoms with E-state index in [2.05, 4.69) is 10.3 Å². The van der Waals surface area contributed by atoms with Crippen LogP contribution in [0.2, 0.25) is 0 Å². The highest BCUT2D eigenvalue weighted by molar-refractivity contribution is 8.26. The quantitative estimate of drug-likeness (QED) is 0.316. The van der Waals surface area contributed by atoms with Crippen LogP contribution in [0.1, 0.15) is 30.9 Å². The molecule has 2 N–H and O–H groups in total. The molecule has 2 aromatic rings. The number of carbonyl (C=O) groups is 1. The Hall–Kier alpha value is -2.27. The van der Waals surface area contributed by atoms with Gasteiger partial charge in [0.1, 0.15) is 15.8 Å². The van der Waals surface area contributed by atoms with Crippen LogP contribution in [0.4, 0.5) is 5.82 Å². The lowest BCUT2D eigenvalue weighted by atomic mass is 10.2. The lowest BCUT2D eigenvalue weighted by molar-refractivity contribution is -0.122. The van der Waals surface area contributed by atoms with E-state index in [1.807, 2.05) is 19.9 Å². The number of carbonyl (C=O) groups excluding carboxylic acids is 1. The monoisotopic (exact) mass is 462 g/mol. The first-order valence-electron chi connectivity index (χ1n) is 10.2. The summed E-state index contributed by atoms with van der Waals surface area (Å²) in [6.45, 7) is 5.94. The van der Waals surface area contributed by atoms with E-state index in [-0.39, 0.29) is 23.6 Å². The highest BCUT2D eigenvalue weighted by Gasteiger charge is 2.32. The average Bonchev–Trinajstić information content (AvgIpc) is 3.01. The number of thiocarbonyl (C=S) groups is 1. The first-order chi connectivity index (χ1) is 15.0. The third-order valence-corrected chi connectivity index (χ3v) is 6.03. The number of nitrogens with zero attached hydrogens (tertiary/aromatic N) is 3. The molecular weight excluding hydrogens is 436 g/mol. The molecule has 31 heavy (non-hydrogen) atoms. The normalized spacial score (nSPS) is 15.5. The molecule has 3 heterocycles. The van der Waals surface area contributed by atoms with Gasteiger partial charge in [-0.15, -0.1) is 0 Å². The lowest BCUT2D eigenvalue weighted by Crippen LogP contribution is -2.29. The molecule has 0 bridgehead atoms. The van der Waals surface area contributed by atoms with Crippen molar-refractivity contribution < 1.29 is 14.6 Å². The number of nitrogens with one attached hydrogen (secondary N) is 1. The molecular formula is C21H26N4O4S2. The van der Waals surface area contributed by atoms with E-state index < -0.39 is 0 Å². The minimum absolute atomic E-state index is 0.0223. The zero-order valence-corrected chi connectivity index (χ0v) is 19.2. The fourth-order valence-corrected chi connectivity index (χ4v) is 4.39. The number of hydrogen-bond donors (Lipinski definition) is 2. The van der Waals surface area contributed by atoms with Crippen LogP contribution in [0.5, 0.6) is 0 Å². The number of rotatable bonds is 10. The average molecular weight is 463 g/mol. The van der Waals surface area contributed by atoms with Crippen LogP contribution in [0.25, 0.3) is 11.7 Å². The first-order valence-corrected chi connectivity index (χ1v) is 11.4. The van der Waals surface area contributed by atoms with Gasteiger partial charge in [0.25, 0.3) is 11.5 Å². The van der Waals surface area contributed by atoms with Crippen molar-refractivity contribution in [3.8, 4) is 0 Å². The lowest BCUT2D eigenvalue weighted by Gasteiger charge is -2.14. The van der Waals surface area contributed by atoms with E-state index in [9.17, 15) is 9.59 Å². The maximum absolute atomic E-state index is 13.2. The maximum atomic E-state index is 13.2. The molecule has 0 aromatic carbocycles. The number of ether oxygens (including phenoxy) is 1. The zero-order valence-electron chi connectivity index (χ0n) is 17.6. The number of hydrogen-bond acceptors (Lipinski definition) is 8. The second kappa shape index (κ2) is 10.9. The summed E-state index contributed by atoms with van der Waals surface area (Å²) in [5.41, 5.74) is 1.43. The van der Waals surface area contributed by atoms with E-state index in [0.29, 0.717) is 59.8 Å². The summed E-state index contributed by atoms with van der Waals surface area (Å²) < 4.78 is 7.27. The summed E-state index contributed by atoms with van der Waals surface area (Å²) in [6, 6.07) is 3.65. The largest absolute Gasteiger partial charge is 0.396 e. The summed E-state index contributed by atoms with van der Waals surface area (Å²) in [7, 11) is 0. The molecule has 0 radical (unpaired) electrons. The minimum atomic E-state index is -0.276. The molecule has 0 aliphatic carbocycles. The van der Waals surface area contributed by atoms with Crippen molar-refractivity contribution in [2.45, 2.75) is 26.7 Å². The third-order valence-electron chi connectivity index (χ3n) is 4.66. The van der Waals surface area contributed by atoms with Crippen molar-refractivity contribution in [1.82, 2.24) is 14.3 Å². The Labute approximate surface area is 190 Å². The summed E-state index contributed by atoms with van der Waals surface area (Å²) >= 11 is 6.56. The van der Waals surface area contributed by atoms with Crippen LogP contribution in [-0.2, 0) is 9.53 Å². The van der Waals surface area contributed by atoms with Crippen molar-refractivity contribution >= 4 is 51.7 Å². The van der Waals surface area contributed by atoms with Crippen LogP contribution >= 0.6 is 24.0 Å². The number of aliphatic hydroxyl groups excluding tert-OH is 1. The molecule has 1 aliphatic rings. The molecule has 8 nitrogen and oxygen atoms in total. The summed E-state index contributed by atoms with van der Waals surface area (Å²) in [4.78, 5) is 32.6. The number of aryl methyl sites for hydroxylation is 1. The van der Waals surface area contributed by atoms with Crippen LogP contribution < -0.4 is 10.9 Å². The molecule has 1 fully saturated rings. The van der Waals surface area contributed by atoms with Gasteiger partial charge in [0.15, 0.2) is 0 Å². The van der Waals surface area contributed by atoms with Gasteiger partial charge in [0.2, 0.25) is 0 Å². The highest BCUT2D eigenvalue weighted by Crippen LogP contribution is 2.33. The number of fused-ring (bicyclic) bond motifs is 1.